The number of primary amides is 1. The van der Waals surface area contributed by atoms with Crippen LogP contribution in [0.15, 0.2) is 18.2 Å². The Morgan fingerprint density at radius 3 is 2.71 bits per heavy atom. The van der Waals surface area contributed by atoms with Gasteiger partial charge in [-0.05, 0) is 23.8 Å². The SMILES string of the molecule is N#CCC(O)C(O)c1cc(F)ccc1C(N)=O. The van der Waals surface area contributed by atoms with Gasteiger partial charge in [0.15, 0.2) is 0 Å². The lowest BCUT2D eigenvalue weighted by atomic mass is 9.97. The molecule has 0 fully saturated rings. The zero-order valence-electron chi connectivity index (χ0n) is 8.80. The predicted molar refractivity (Wildman–Crippen MR) is 56.1 cm³/mol. The van der Waals surface area contributed by atoms with Crippen LogP contribution in [0.3, 0.4) is 0 Å². The first-order chi connectivity index (χ1) is 7.97. The number of halogens is 1. The monoisotopic (exact) mass is 238 g/mol. The molecule has 1 rings (SSSR count). The summed E-state index contributed by atoms with van der Waals surface area (Å²) in [5, 5.41) is 27.5. The summed E-state index contributed by atoms with van der Waals surface area (Å²) in [5.41, 5.74) is 4.85. The molecule has 2 unspecified atom stereocenters. The molecule has 6 heteroatoms. The maximum Gasteiger partial charge on any atom is 0.249 e. The molecule has 1 aromatic carbocycles. The zero-order chi connectivity index (χ0) is 13.0. The van der Waals surface area contributed by atoms with Gasteiger partial charge in [-0.3, -0.25) is 4.79 Å². The standard InChI is InChI=1S/C11H11FN2O3/c12-6-1-2-7(11(14)17)8(5-6)10(16)9(15)3-4-13/h1-2,5,9-10,15-16H,3H2,(H2,14,17). The van der Waals surface area contributed by atoms with Crippen molar-refractivity contribution in [1.29, 1.82) is 5.26 Å². The van der Waals surface area contributed by atoms with E-state index in [2.05, 4.69) is 0 Å². The highest BCUT2D eigenvalue weighted by atomic mass is 19.1. The van der Waals surface area contributed by atoms with Crippen LogP contribution in [-0.4, -0.2) is 22.2 Å². The largest absolute Gasteiger partial charge is 0.389 e. The number of aliphatic hydroxyl groups excluding tert-OH is 2. The van der Waals surface area contributed by atoms with Gasteiger partial charge in [0.1, 0.15) is 11.9 Å². The Morgan fingerprint density at radius 2 is 2.18 bits per heavy atom. The lowest BCUT2D eigenvalue weighted by Crippen LogP contribution is -2.22. The van der Waals surface area contributed by atoms with E-state index < -0.39 is 23.9 Å². The van der Waals surface area contributed by atoms with Crippen molar-refractivity contribution in [3.8, 4) is 6.07 Å². The summed E-state index contributed by atoms with van der Waals surface area (Å²) in [4.78, 5) is 11.1. The molecule has 1 aromatic rings. The minimum atomic E-state index is -1.53. The molecule has 0 aliphatic carbocycles. The summed E-state index contributed by atoms with van der Waals surface area (Å²) in [6.45, 7) is 0. The van der Waals surface area contributed by atoms with E-state index >= 15 is 0 Å². The third kappa shape index (κ3) is 3.00. The van der Waals surface area contributed by atoms with E-state index in [0.717, 1.165) is 18.2 Å². The van der Waals surface area contributed by atoms with Gasteiger partial charge in [-0.1, -0.05) is 0 Å². The van der Waals surface area contributed by atoms with Crippen LogP contribution >= 0.6 is 0 Å². The van der Waals surface area contributed by atoms with Crippen LogP contribution in [0.4, 0.5) is 4.39 Å². The smallest absolute Gasteiger partial charge is 0.249 e. The highest BCUT2D eigenvalue weighted by Gasteiger charge is 2.23. The molecule has 0 aromatic heterocycles. The topological polar surface area (TPSA) is 107 Å². The fourth-order valence-electron chi connectivity index (χ4n) is 1.42. The van der Waals surface area contributed by atoms with E-state index in [1.165, 1.54) is 0 Å². The summed E-state index contributed by atoms with van der Waals surface area (Å²) in [6, 6.07) is 4.71. The van der Waals surface area contributed by atoms with Gasteiger partial charge in [0.05, 0.1) is 18.6 Å². The number of carbonyl (C=O) groups is 1. The number of rotatable bonds is 4. The second-order valence-electron chi connectivity index (χ2n) is 3.47. The highest BCUT2D eigenvalue weighted by Crippen LogP contribution is 2.23. The fraction of sp³-hybridized carbons (Fsp3) is 0.273. The molecule has 0 saturated carbocycles. The lowest BCUT2D eigenvalue weighted by Gasteiger charge is -2.17. The summed E-state index contributed by atoms with van der Waals surface area (Å²) < 4.78 is 13.0. The minimum Gasteiger partial charge on any atom is -0.389 e. The molecular formula is C11H11FN2O3. The van der Waals surface area contributed by atoms with Gasteiger partial charge < -0.3 is 15.9 Å². The molecule has 5 nitrogen and oxygen atoms in total. The Bertz CT molecular complexity index is 470. The normalized spacial score (nSPS) is 13.8. The third-order valence-electron chi connectivity index (χ3n) is 2.26. The highest BCUT2D eigenvalue weighted by molar-refractivity contribution is 5.94. The first-order valence-corrected chi connectivity index (χ1v) is 4.79. The van der Waals surface area contributed by atoms with Crippen LogP contribution < -0.4 is 5.73 Å². The molecule has 4 N–H and O–H groups in total. The molecule has 0 spiro atoms. The Labute approximate surface area is 96.9 Å². The predicted octanol–water partition coefficient (Wildman–Crippen LogP) is 0.233. The Kier molecular flexibility index (Phi) is 4.15. The van der Waals surface area contributed by atoms with Crippen molar-refractivity contribution in [2.45, 2.75) is 18.6 Å². The van der Waals surface area contributed by atoms with Crippen LogP contribution in [0.25, 0.3) is 0 Å². The molecular weight excluding hydrogens is 227 g/mol. The number of nitrogens with zero attached hydrogens (tertiary/aromatic N) is 1. The van der Waals surface area contributed by atoms with Crippen molar-refractivity contribution >= 4 is 5.91 Å². The Hall–Kier alpha value is -1.97. The van der Waals surface area contributed by atoms with Crippen LogP contribution in [0.2, 0.25) is 0 Å². The number of carbonyl (C=O) groups excluding carboxylic acids is 1. The number of aliphatic hydroxyl groups is 2. The van der Waals surface area contributed by atoms with Crippen LogP contribution in [0.5, 0.6) is 0 Å². The van der Waals surface area contributed by atoms with Gasteiger partial charge in [-0.2, -0.15) is 5.26 Å². The quantitative estimate of drug-likeness (QED) is 0.697. The maximum absolute atomic E-state index is 13.0. The molecule has 17 heavy (non-hydrogen) atoms. The van der Waals surface area contributed by atoms with E-state index in [1.807, 2.05) is 0 Å². The summed E-state index contributed by atoms with van der Waals surface area (Å²) in [7, 11) is 0. The lowest BCUT2D eigenvalue weighted by molar-refractivity contribution is 0.0210. The van der Waals surface area contributed by atoms with Crippen molar-refractivity contribution < 1.29 is 19.4 Å². The van der Waals surface area contributed by atoms with Crippen LogP contribution in [-0.2, 0) is 0 Å². The average Bonchev–Trinajstić information content (AvgIpc) is 2.27. The molecule has 2 atom stereocenters. The van der Waals surface area contributed by atoms with Gasteiger partial charge in [0, 0.05) is 5.56 Å². The molecule has 0 bridgehead atoms. The van der Waals surface area contributed by atoms with Crippen molar-refractivity contribution in [3.63, 3.8) is 0 Å². The molecule has 0 aliphatic rings. The molecule has 0 heterocycles. The fourth-order valence-corrected chi connectivity index (χ4v) is 1.42. The Morgan fingerprint density at radius 1 is 1.53 bits per heavy atom. The first-order valence-electron chi connectivity index (χ1n) is 4.79. The molecule has 0 radical (unpaired) electrons. The van der Waals surface area contributed by atoms with E-state index in [1.54, 1.807) is 6.07 Å². The molecule has 0 aliphatic heterocycles. The first kappa shape index (κ1) is 13.1. The molecule has 0 saturated heterocycles. The van der Waals surface area contributed by atoms with E-state index in [0.29, 0.717) is 0 Å². The van der Waals surface area contributed by atoms with Gasteiger partial charge in [-0.25, -0.2) is 4.39 Å². The summed E-state index contributed by atoms with van der Waals surface area (Å²) in [6.07, 6.45) is -3.27. The molecule has 90 valence electrons. The Balaban J connectivity index is 3.15. The number of benzene rings is 1. The number of amides is 1. The molecule has 1 amide bonds. The zero-order valence-corrected chi connectivity index (χ0v) is 8.80. The second-order valence-corrected chi connectivity index (χ2v) is 3.47. The summed E-state index contributed by atoms with van der Waals surface area (Å²) in [5.74, 6) is -1.52. The number of hydrogen-bond donors (Lipinski definition) is 3. The van der Waals surface area contributed by atoms with E-state index in [4.69, 9.17) is 11.0 Å². The second kappa shape index (κ2) is 5.39. The van der Waals surface area contributed by atoms with Gasteiger partial charge in [0.25, 0.3) is 0 Å². The number of nitrogens with two attached hydrogens (primary N) is 1. The van der Waals surface area contributed by atoms with Crippen LogP contribution in [0, 0.1) is 17.1 Å². The summed E-state index contributed by atoms with van der Waals surface area (Å²) >= 11 is 0. The van der Waals surface area contributed by atoms with Gasteiger partial charge in [-0.15, -0.1) is 0 Å². The average molecular weight is 238 g/mol. The number of hydrogen-bond acceptors (Lipinski definition) is 4. The maximum atomic E-state index is 13.0. The third-order valence-corrected chi connectivity index (χ3v) is 2.26. The van der Waals surface area contributed by atoms with E-state index in [-0.39, 0.29) is 17.5 Å². The van der Waals surface area contributed by atoms with E-state index in [9.17, 15) is 19.4 Å². The van der Waals surface area contributed by atoms with Crippen molar-refractivity contribution in [3.05, 3.63) is 35.1 Å². The minimum absolute atomic E-state index is 0.0871. The van der Waals surface area contributed by atoms with Gasteiger partial charge in [0.2, 0.25) is 5.91 Å². The van der Waals surface area contributed by atoms with Crippen LogP contribution in [0.1, 0.15) is 28.4 Å². The van der Waals surface area contributed by atoms with Crippen molar-refractivity contribution in [1.82, 2.24) is 0 Å². The number of nitriles is 1. The van der Waals surface area contributed by atoms with Gasteiger partial charge >= 0.3 is 0 Å². The van der Waals surface area contributed by atoms with Crippen molar-refractivity contribution in [2.75, 3.05) is 0 Å². The van der Waals surface area contributed by atoms with Crippen molar-refractivity contribution in [2.24, 2.45) is 5.73 Å².